The standard InChI is InChI=1S/C13H27N3O/c1-5-16(11(2)13(17)15(3)4)10-12-7-6-8-14-9-12/h11-12,14H,5-10H2,1-4H3. The lowest BCUT2D eigenvalue weighted by Gasteiger charge is -2.33. The average Bonchev–Trinajstić information content (AvgIpc) is 2.35. The van der Waals surface area contributed by atoms with Gasteiger partial charge in [0.15, 0.2) is 0 Å². The van der Waals surface area contributed by atoms with Gasteiger partial charge >= 0.3 is 0 Å². The summed E-state index contributed by atoms with van der Waals surface area (Å²) in [6.07, 6.45) is 2.55. The molecule has 2 atom stereocenters. The summed E-state index contributed by atoms with van der Waals surface area (Å²) < 4.78 is 0. The van der Waals surface area contributed by atoms with Crippen molar-refractivity contribution in [3.05, 3.63) is 0 Å². The fourth-order valence-corrected chi connectivity index (χ4v) is 2.50. The zero-order valence-corrected chi connectivity index (χ0v) is 11.7. The predicted molar refractivity (Wildman–Crippen MR) is 71.0 cm³/mol. The summed E-state index contributed by atoms with van der Waals surface area (Å²) in [7, 11) is 3.66. The molecule has 17 heavy (non-hydrogen) atoms. The summed E-state index contributed by atoms with van der Waals surface area (Å²) in [5.74, 6) is 0.900. The van der Waals surface area contributed by atoms with Gasteiger partial charge in [-0.2, -0.15) is 0 Å². The van der Waals surface area contributed by atoms with Crippen LogP contribution in [0.25, 0.3) is 0 Å². The molecule has 1 aliphatic rings. The van der Waals surface area contributed by atoms with E-state index < -0.39 is 0 Å². The van der Waals surface area contributed by atoms with Crippen LogP contribution in [0.4, 0.5) is 0 Å². The van der Waals surface area contributed by atoms with Gasteiger partial charge in [0.25, 0.3) is 0 Å². The van der Waals surface area contributed by atoms with Crippen LogP contribution in [0.3, 0.4) is 0 Å². The minimum absolute atomic E-state index is 0.00285. The van der Waals surface area contributed by atoms with Crippen LogP contribution in [0.5, 0.6) is 0 Å². The Morgan fingerprint density at radius 1 is 1.47 bits per heavy atom. The van der Waals surface area contributed by atoms with Gasteiger partial charge in [0.2, 0.25) is 5.91 Å². The van der Waals surface area contributed by atoms with Gasteiger partial charge in [-0.3, -0.25) is 9.69 Å². The first-order valence-corrected chi connectivity index (χ1v) is 6.72. The van der Waals surface area contributed by atoms with Gasteiger partial charge in [-0.25, -0.2) is 0 Å². The third kappa shape index (κ3) is 4.28. The Bertz CT molecular complexity index is 237. The zero-order valence-electron chi connectivity index (χ0n) is 11.7. The number of carbonyl (C=O) groups excluding carboxylic acids is 1. The lowest BCUT2D eigenvalue weighted by molar-refractivity contribution is -0.134. The van der Waals surface area contributed by atoms with E-state index >= 15 is 0 Å². The van der Waals surface area contributed by atoms with Crippen LogP contribution in [0.1, 0.15) is 26.7 Å². The van der Waals surface area contributed by atoms with Crippen LogP contribution in [0.2, 0.25) is 0 Å². The number of likely N-dealkylation sites (N-methyl/N-ethyl adjacent to an activating group) is 2. The highest BCUT2D eigenvalue weighted by atomic mass is 16.2. The molecule has 1 rings (SSSR count). The first-order chi connectivity index (χ1) is 8.06. The lowest BCUT2D eigenvalue weighted by Crippen LogP contribution is -2.48. The monoisotopic (exact) mass is 241 g/mol. The van der Waals surface area contributed by atoms with E-state index in [2.05, 4.69) is 17.1 Å². The van der Waals surface area contributed by atoms with E-state index in [1.165, 1.54) is 12.8 Å². The van der Waals surface area contributed by atoms with Crippen LogP contribution >= 0.6 is 0 Å². The molecule has 1 fully saturated rings. The van der Waals surface area contributed by atoms with Gasteiger partial charge in [0.05, 0.1) is 6.04 Å². The summed E-state index contributed by atoms with van der Waals surface area (Å²) in [6, 6.07) is -0.00285. The maximum atomic E-state index is 12.0. The minimum atomic E-state index is -0.00285. The fraction of sp³-hybridized carbons (Fsp3) is 0.923. The molecule has 4 nitrogen and oxygen atoms in total. The summed E-state index contributed by atoms with van der Waals surface area (Å²) >= 11 is 0. The number of rotatable bonds is 5. The number of hydrogen-bond acceptors (Lipinski definition) is 3. The molecule has 0 aromatic rings. The molecule has 0 aliphatic carbocycles. The second kappa shape index (κ2) is 6.97. The van der Waals surface area contributed by atoms with Gasteiger partial charge in [-0.15, -0.1) is 0 Å². The SMILES string of the molecule is CCN(CC1CCCNC1)C(C)C(=O)N(C)C. The van der Waals surface area contributed by atoms with Gasteiger partial charge in [0.1, 0.15) is 0 Å². The van der Waals surface area contributed by atoms with Crippen molar-refractivity contribution >= 4 is 5.91 Å². The molecule has 0 saturated carbocycles. The second-order valence-electron chi connectivity index (χ2n) is 5.21. The lowest BCUT2D eigenvalue weighted by atomic mass is 9.98. The van der Waals surface area contributed by atoms with Gasteiger partial charge in [-0.05, 0) is 45.3 Å². The van der Waals surface area contributed by atoms with Crippen molar-refractivity contribution in [3.63, 3.8) is 0 Å². The number of piperidine rings is 1. The Morgan fingerprint density at radius 3 is 2.65 bits per heavy atom. The Balaban J connectivity index is 2.48. The van der Waals surface area contributed by atoms with E-state index in [4.69, 9.17) is 0 Å². The molecule has 0 bridgehead atoms. The molecule has 1 saturated heterocycles. The molecule has 2 unspecified atom stereocenters. The average molecular weight is 241 g/mol. The Morgan fingerprint density at radius 2 is 2.18 bits per heavy atom. The van der Waals surface area contributed by atoms with E-state index in [0.717, 1.165) is 26.2 Å². The maximum absolute atomic E-state index is 12.0. The fourth-order valence-electron chi connectivity index (χ4n) is 2.50. The van der Waals surface area contributed by atoms with Crippen molar-refractivity contribution in [1.82, 2.24) is 15.1 Å². The molecule has 100 valence electrons. The van der Waals surface area contributed by atoms with Crippen LogP contribution in [-0.4, -0.2) is 62.0 Å². The van der Waals surface area contributed by atoms with Gasteiger partial charge < -0.3 is 10.2 Å². The van der Waals surface area contributed by atoms with Crippen molar-refractivity contribution in [2.24, 2.45) is 5.92 Å². The van der Waals surface area contributed by atoms with E-state index in [1.54, 1.807) is 4.90 Å². The first-order valence-electron chi connectivity index (χ1n) is 6.72. The third-order valence-corrected chi connectivity index (χ3v) is 3.64. The van der Waals surface area contributed by atoms with Crippen molar-refractivity contribution in [3.8, 4) is 0 Å². The Kier molecular flexibility index (Phi) is 5.92. The second-order valence-corrected chi connectivity index (χ2v) is 5.21. The number of nitrogens with zero attached hydrogens (tertiary/aromatic N) is 2. The largest absolute Gasteiger partial charge is 0.347 e. The zero-order chi connectivity index (χ0) is 12.8. The molecule has 1 amide bonds. The maximum Gasteiger partial charge on any atom is 0.239 e. The quantitative estimate of drug-likeness (QED) is 0.773. The summed E-state index contributed by atoms with van der Waals surface area (Å²) in [5, 5.41) is 3.43. The number of hydrogen-bond donors (Lipinski definition) is 1. The Labute approximate surface area is 105 Å². The van der Waals surface area contributed by atoms with E-state index in [-0.39, 0.29) is 11.9 Å². The minimum Gasteiger partial charge on any atom is -0.347 e. The van der Waals surface area contributed by atoms with E-state index in [9.17, 15) is 4.79 Å². The number of nitrogens with one attached hydrogen (secondary N) is 1. The molecule has 4 heteroatoms. The molecule has 1 aliphatic heterocycles. The molecular formula is C13H27N3O. The van der Waals surface area contributed by atoms with Crippen molar-refractivity contribution < 1.29 is 4.79 Å². The first kappa shape index (κ1) is 14.5. The van der Waals surface area contributed by atoms with Crippen molar-refractivity contribution in [2.45, 2.75) is 32.7 Å². The van der Waals surface area contributed by atoms with Crippen molar-refractivity contribution in [1.29, 1.82) is 0 Å². The van der Waals surface area contributed by atoms with E-state index in [1.807, 2.05) is 21.0 Å². The highest BCUT2D eigenvalue weighted by Gasteiger charge is 2.24. The highest BCUT2D eigenvalue weighted by Crippen LogP contribution is 2.14. The predicted octanol–water partition coefficient (Wildman–Crippen LogP) is 0.785. The summed E-state index contributed by atoms with van der Waals surface area (Å²) in [6.45, 7) is 8.37. The molecule has 0 aromatic carbocycles. The van der Waals surface area contributed by atoms with Crippen LogP contribution in [0.15, 0.2) is 0 Å². The number of amides is 1. The van der Waals surface area contributed by atoms with Crippen LogP contribution < -0.4 is 5.32 Å². The summed E-state index contributed by atoms with van der Waals surface area (Å²) in [4.78, 5) is 15.9. The van der Waals surface area contributed by atoms with E-state index in [0.29, 0.717) is 5.92 Å². The third-order valence-electron chi connectivity index (χ3n) is 3.64. The highest BCUT2D eigenvalue weighted by molar-refractivity contribution is 5.80. The summed E-state index contributed by atoms with van der Waals surface area (Å²) in [5.41, 5.74) is 0. The normalized spacial score (nSPS) is 22.5. The van der Waals surface area contributed by atoms with Gasteiger partial charge in [-0.1, -0.05) is 6.92 Å². The number of carbonyl (C=O) groups is 1. The topological polar surface area (TPSA) is 35.6 Å². The molecule has 1 N–H and O–H groups in total. The Hall–Kier alpha value is -0.610. The smallest absolute Gasteiger partial charge is 0.239 e. The van der Waals surface area contributed by atoms with Crippen LogP contribution in [-0.2, 0) is 4.79 Å². The molecule has 0 radical (unpaired) electrons. The molecule has 1 heterocycles. The molecule has 0 aromatic heterocycles. The molecular weight excluding hydrogens is 214 g/mol. The van der Waals surface area contributed by atoms with Gasteiger partial charge in [0, 0.05) is 20.6 Å². The molecule has 0 spiro atoms. The van der Waals surface area contributed by atoms with Crippen molar-refractivity contribution in [2.75, 3.05) is 40.3 Å². The van der Waals surface area contributed by atoms with Crippen LogP contribution in [0, 0.1) is 5.92 Å².